The molecule has 1 aromatic heterocycles. The Morgan fingerprint density at radius 1 is 1.41 bits per heavy atom. The lowest BCUT2D eigenvalue weighted by molar-refractivity contribution is 0.0408. The van der Waals surface area contributed by atoms with Gasteiger partial charge in [0.1, 0.15) is 4.60 Å². The molecule has 0 radical (unpaired) electrons. The topological polar surface area (TPSA) is 39.2 Å². The second-order valence-electron chi connectivity index (χ2n) is 4.44. The van der Waals surface area contributed by atoms with E-state index in [-0.39, 0.29) is 5.97 Å². The Hall–Kier alpha value is -0.900. The Morgan fingerprint density at radius 3 is 2.88 bits per heavy atom. The van der Waals surface area contributed by atoms with Gasteiger partial charge in [-0.25, -0.2) is 9.78 Å². The zero-order valence-electron chi connectivity index (χ0n) is 9.69. The van der Waals surface area contributed by atoms with Crippen LogP contribution in [0.3, 0.4) is 0 Å². The Labute approximate surface area is 110 Å². The van der Waals surface area contributed by atoms with Gasteiger partial charge >= 0.3 is 5.97 Å². The SMILES string of the molecule is O=C(OCC1CCCCC1)c1cccnc1Br. The van der Waals surface area contributed by atoms with Gasteiger partial charge < -0.3 is 4.74 Å². The maximum Gasteiger partial charge on any atom is 0.340 e. The molecular formula is C13H16BrNO2. The van der Waals surface area contributed by atoms with Crippen molar-refractivity contribution in [2.24, 2.45) is 5.92 Å². The number of hydrogen-bond acceptors (Lipinski definition) is 3. The van der Waals surface area contributed by atoms with E-state index in [1.165, 1.54) is 32.1 Å². The zero-order valence-corrected chi connectivity index (χ0v) is 11.3. The Kier molecular flexibility index (Phi) is 4.54. The van der Waals surface area contributed by atoms with Crippen LogP contribution in [0, 0.1) is 5.92 Å². The van der Waals surface area contributed by atoms with Crippen molar-refractivity contribution in [2.75, 3.05) is 6.61 Å². The standard InChI is InChI=1S/C13H16BrNO2/c14-12-11(7-4-8-15-12)13(16)17-9-10-5-2-1-3-6-10/h4,7-8,10H,1-3,5-6,9H2. The third-order valence-electron chi connectivity index (χ3n) is 3.15. The van der Waals surface area contributed by atoms with Crippen LogP contribution in [0.25, 0.3) is 0 Å². The van der Waals surface area contributed by atoms with Gasteiger partial charge in [0.05, 0.1) is 12.2 Å². The highest BCUT2D eigenvalue weighted by molar-refractivity contribution is 9.10. The molecule has 17 heavy (non-hydrogen) atoms. The lowest BCUT2D eigenvalue weighted by Gasteiger charge is -2.21. The van der Waals surface area contributed by atoms with Crippen molar-refractivity contribution < 1.29 is 9.53 Å². The highest BCUT2D eigenvalue weighted by Gasteiger charge is 2.17. The number of nitrogens with zero attached hydrogens (tertiary/aromatic N) is 1. The summed E-state index contributed by atoms with van der Waals surface area (Å²) >= 11 is 3.25. The van der Waals surface area contributed by atoms with Crippen LogP contribution in [-0.4, -0.2) is 17.6 Å². The van der Waals surface area contributed by atoms with Crippen molar-refractivity contribution in [3.63, 3.8) is 0 Å². The summed E-state index contributed by atoms with van der Waals surface area (Å²) < 4.78 is 5.89. The Balaban J connectivity index is 1.87. The number of carbonyl (C=O) groups is 1. The van der Waals surface area contributed by atoms with Crippen molar-refractivity contribution >= 4 is 21.9 Å². The summed E-state index contributed by atoms with van der Waals surface area (Å²) in [7, 11) is 0. The molecular weight excluding hydrogens is 282 g/mol. The van der Waals surface area contributed by atoms with Crippen LogP contribution in [-0.2, 0) is 4.74 Å². The first kappa shape index (κ1) is 12.6. The Bertz CT molecular complexity index is 389. The minimum absolute atomic E-state index is 0.282. The van der Waals surface area contributed by atoms with E-state index >= 15 is 0 Å². The van der Waals surface area contributed by atoms with Gasteiger partial charge in [-0.05, 0) is 46.8 Å². The van der Waals surface area contributed by atoms with Gasteiger partial charge in [0.25, 0.3) is 0 Å². The molecule has 2 rings (SSSR count). The van der Waals surface area contributed by atoms with Crippen molar-refractivity contribution in [1.29, 1.82) is 0 Å². The van der Waals surface area contributed by atoms with Gasteiger partial charge in [-0.15, -0.1) is 0 Å². The molecule has 1 fully saturated rings. The maximum absolute atomic E-state index is 11.8. The number of esters is 1. The number of hydrogen-bond donors (Lipinski definition) is 0. The number of ether oxygens (including phenoxy) is 1. The molecule has 0 aromatic carbocycles. The molecule has 1 aromatic rings. The van der Waals surface area contributed by atoms with E-state index in [1.807, 2.05) is 0 Å². The molecule has 3 nitrogen and oxygen atoms in total. The summed E-state index contributed by atoms with van der Waals surface area (Å²) in [4.78, 5) is 15.8. The molecule has 1 saturated carbocycles. The fourth-order valence-electron chi connectivity index (χ4n) is 2.16. The molecule has 0 spiro atoms. The van der Waals surface area contributed by atoms with Gasteiger partial charge in [0.2, 0.25) is 0 Å². The van der Waals surface area contributed by atoms with Crippen LogP contribution in [0.1, 0.15) is 42.5 Å². The molecule has 0 N–H and O–H groups in total. The fraction of sp³-hybridized carbons (Fsp3) is 0.538. The summed E-state index contributed by atoms with van der Waals surface area (Å²) in [5.74, 6) is 0.263. The summed E-state index contributed by atoms with van der Waals surface area (Å²) in [5, 5.41) is 0. The van der Waals surface area contributed by atoms with Crippen molar-refractivity contribution in [3.8, 4) is 0 Å². The normalized spacial score (nSPS) is 16.8. The summed E-state index contributed by atoms with van der Waals surface area (Å²) in [6, 6.07) is 3.46. The molecule has 1 aliphatic carbocycles. The Morgan fingerprint density at radius 2 is 2.18 bits per heavy atom. The molecule has 0 saturated heterocycles. The van der Waals surface area contributed by atoms with Gasteiger partial charge in [-0.3, -0.25) is 0 Å². The molecule has 1 aliphatic rings. The minimum Gasteiger partial charge on any atom is -0.462 e. The highest BCUT2D eigenvalue weighted by Crippen LogP contribution is 2.24. The third kappa shape index (κ3) is 3.53. The molecule has 0 bridgehead atoms. The zero-order chi connectivity index (χ0) is 12.1. The van der Waals surface area contributed by atoms with E-state index in [1.54, 1.807) is 18.3 Å². The quantitative estimate of drug-likeness (QED) is 0.632. The fourth-order valence-corrected chi connectivity index (χ4v) is 2.58. The van der Waals surface area contributed by atoms with Crippen molar-refractivity contribution in [1.82, 2.24) is 4.98 Å². The predicted molar refractivity (Wildman–Crippen MR) is 68.8 cm³/mol. The van der Waals surface area contributed by atoms with E-state index in [0.29, 0.717) is 22.7 Å². The first-order valence-electron chi connectivity index (χ1n) is 6.05. The molecule has 0 amide bonds. The van der Waals surface area contributed by atoms with E-state index in [4.69, 9.17) is 4.74 Å². The predicted octanol–water partition coefficient (Wildman–Crippen LogP) is 3.58. The van der Waals surface area contributed by atoms with E-state index < -0.39 is 0 Å². The molecule has 0 atom stereocenters. The van der Waals surface area contributed by atoms with E-state index in [9.17, 15) is 4.79 Å². The van der Waals surface area contributed by atoms with E-state index in [2.05, 4.69) is 20.9 Å². The molecule has 0 unspecified atom stereocenters. The van der Waals surface area contributed by atoms with Crippen LogP contribution in [0.2, 0.25) is 0 Å². The number of aromatic nitrogens is 1. The number of carbonyl (C=O) groups excluding carboxylic acids is 1. The average Bonchev–Trinajstić information content (AvgIpc) is 2.38. The van der Waals surface area contributed by atoms with Crippen molar-refractivity contribution in [3.05, 3.63) is 28.5 Å². The second kappa shape index (κ2) is 6.15. The summed E-state index contributed by atoms with van der Waals surface area (Å²) in [6.45, 7) is 0.542. The highest BCUT2D eigenvalue weighted by atomic mass is 79.9. The van der Waals surface area contributed by atoms with Crippen LogP contribution in [0.4, 0.5) is 0 Å². The first-order chi connectivity index (χ1) is 8.27. The van der Waals surface area contributed by atoms with Crippen molar-refractivity contribution in [2.45, 2.75) is 32.1 Å². The number of halogens is 1. The number of pyridine rings is 1. The monoisotopic (exact) mass is 297 g/mol. The second-order valence-corrected chi connectivity index (χ2v) is 5.20. The minimum atomic E-state index is -0.282. The number of rotatable bonds is 3. The lowest BCUT2D eigenvalue weighted by Crippen LogP contribution is -2.17. The van der Waals surface area contributed by atoms with Crippen LogP contribution >= 0.6 is 15.9 Å². The summed E-state index contributed by atoms with van der Waals surface area (Å²) in [5.41, 5.74) is 0.503. The van der Waals surface area contributed by atoms with Gasteiger partial charge in [0.15, 0.2) is 0 Å². The van der Waals surface area contributed by atoms with Crippen LogP contribution in [0.5, 0.6) is 0 Å². The van der Waals surface area contributed by atoms with Gasteiger partial charge in [-0.1, -0.05) is 19.3 Å². The largest absolute Gasteiger partial charge is 0.462 e. The van der Waals surface area contributed by atoms with Gasteiger partial charge in [0, 0.05) is 6.20 Å². The average molecular weight is 298 g/mol. The first-order valence-corrected chi connectivity index (χ1v) is 6.84. The molecule has 4 heteroatoms. The van der Waals surface area contributed by atoms with E-state index in [0.717, 1.165) is 0 Å². The molecule has 1 heterocycles. The van der Waals surface area contributed by atoms with Gasteiger partial charge in [-0.2, -0.15) is 0 Å². The smallest absolute Gasteiger partial charge is 0.340 e. The van der Waals surface area contributed by atoms with Crippen LogP contribution in [0.15, 0.2) is 22.9 Å². The maximum atomic E-state index is 11.8. The third-order valence-corrected chi connectivity index (χ3v) is 3.79. The lowest BCUT2D eigenvalue weighted by atomic mass is 9.90. The summed E-state index contributed by atoms with van der Waals surface area (Å²) in [6.07, 6.45) is 7.85. The van der Waals surface area contributed by atoms with Crippen LogP contribution < -0.4 is 0 Å². The molecule has 92 valence electrons. The molecule has 0 aliphatic heterocycles.